The molecule has 0 radical (unpaired) electrons. The van der Waals surface area contributed by atoms with Crippen LogP contribution in [0.5, 0.6) is 0 Å². The normalized spacial score (nSPS) is 14.9. The molecule has 0 atom stereocenters. The third-order valence-electron chi connectivity index (χ3n) is 3.40. The molecule has 1 saturated carbocycles. The van der Waals surface area contributed by atoms with Crippen molar-refractivity contribution < 1.29 is 0 Å². The summed E-state index contributed by atoms with van der Waals surface area (Å²) < 4.78 is 1.94. The summed E-state index contributed by atoms with van der Waals surface area (Å²) >= 11 is 0. The first-order valence-corrected chi connectivity index (χ1v) is 6.46. The average molecular weight is 242 g/mol. The lowest BCUT2D eigenvalue weighted by atomic mass is 10.1. The first-order chi connectivity index (χ1) is 8.72. The summed E-state index contributed by atoms with van der Waals surface area (Å²) in [5.74, 6) is 2.77. The molecule has 1 fully saturated rings. The van der Waals surface area contributed by atoms with Crippen LogP contribution in [-0.2, 0) is 19.9 Å². The van der Waals surface area contributed by atoms with Crippen molar-refractivity contribution in [3.05, 3.63) is 41.5 Å². The maximum Gasteiger partial charge on any atom is 0.151 e. The Labute approximate surface area is 107 Å². The minimum Gasteiger partial charge on any atom is -0.399 e. The zero-order valence-corrected chi connectivity index (χ0v) is 10.6. The van der Waals surface area contributed by atoms with Crippen LogP contribution in [0.4, 0.5) is 5.69 Å². The van der Waals surface area contributed by atoms with Gasteiger partial charge in [-0.25, -0.2) is 4.98 Å². The number of aromatic nitrogens is 3. The van der Waals surface area contributed by atoms with Crippen molar-refractivity contribution in [2.45, 2.75) is 31.6 Å². The number of hydrogen-bond acceptors (Lipinski definition) is 3. The van der Waals surface area contributed by atoms with Crippen molar-refractivity contribution in [2.24, 2.45) is 7.05 Å². The molecule has 1 aliphatic carbocycles. The van der Waals surface area contributed by atoms with Crippen molar-refractivity contribution in [1.82, 2.24) is 14.8 Å². The molecular weight excluding hydrogens is 224 g/mol. The van der Waals surface area contributed by atoms with E-state index in [4.69, 9.17) is 5.73 Å². The number of hydrogen-bond donors (Lipinski definition) is 1. The largest absolute Gasteiger partial charge is 0.399 e. The van der Waals surface area contributed by atoms with E-state index < -0.39 is 0 Å². The summed E-state index contributed by atoms with van der Waals surface area (Å²) in [4.78, 5) is 4.63. The molecule has 1 aromatic carbocycles. The molecule has 4 nitrogen and oxygen atoms in total. The van der Waals surface area contributed by atoms with E-state index in [0.29, 0.717) is 5.92 Å². The molecule has 4 heteroatoms. The Balaban J connectivity index is 1.65. The van der Waals surface area contributed by atoms with Gasteiger partial charge in [0.05, 0.1) is 0 Å². The van der Waals surface area contributed by atoms with E-state index in [1.54, 1.807) is 0 Å². The van der Waals surface area contributed by atoms with E-state index in [2.05, 4.69) is 22.2 Å². The third kappa shape index (κ3) is 2.37. The summed E-state index contributed by atoms with van der Waals surface area (Å²) in [5.41, 5.74) is 7.76. The van der Waals surface area contributed by atoms with Gasteiger partial charge in [0.25, 0.3) is 0 Å². The van der Waals surface area contributed by atoms with Crippen LogP contribution in [-0.4, -0.2) is 14.8 Å². The average Bonchev–Trinajstić information content (AvgIpc) is 3.13. The molecule has 1 aliphatic rings. The van der Waals surface area contributed by atoms with Gasteiger partial charge in [-0.3, -0.25) is 4.68 Å². The highest BCUT2D eigenvalue weighted by Gasteiger charge is 2.28. The van der Waals surface area contributed by atoms with Gasteiger partial charge in [0, 0.05) is 25.1 Å². The Bertz CT molecular complexity index is 537. The summed E-state index contributed by atoms with van der Waals surface area (Å²) in [7, 11) is 1.99. The fraction of sp³-hybridized carbons (Fsp3) is 0.429. The van der Waals surface area contributed by atoms with Gasteiger partial charge in [-0.1, -0.05) is 12.1 Å². The van der Waals surface area contributed by atoms with Crippen molar-refractivity contribution in [2.75, 3.05) is 5.73 Å². The van der Waals surface area contributed by atoms with E-state index >= 15 is 0 Å². The third-order valence-corrected chi connectivity index (χ3v) is 3.40. The highest BCUT2D eigenvalue weighted by atomic mass is 15.3. The standard InChI is InChI=1S/C14H18N4/c1-18-14(11-5-6-11)16-13(17-18)9-4-10-2-7-12(15)8-3-10/h2-3,7-8,11H,4-6,9,15H2,1H3. The van der Waals surface area contributed by atoms with Crippen molar-refractivity contribution >= 4 is 5.69 Å². The van der Waals surface area contributed by atoms with Gasteiger partial charge in [-0.05, 0) is 37.0 Å². The van der Waals surface area contributed by atoms with Gasteiger partial charge in [0.1, 0.15) is 5.82 Å². The van der Waals surface area contributed by atoms with Crippen LogP contribution in [0.25, 0.3) is 0 Å². The van der Waals surface area contributed by atoms with Crippen LogP contribution in [0, 0.1) is 0 Å². The van der Waals surface area contributed by atoms with Gasteiger partial charge >= 0.3 is 0 Å². The fourth-order valence-corrected chi connectivity index (χ4v) is 2.19. The zero-order chi connectivity index (χ0) is 12.5. The Morgan fingerprint density at radius 2 is 1.94 bits per heavy atom. The van der Waals surface area contributed by atoms with Crippen LogP contribution in [0.1, 0.15) is 36.0 Å². The lowest BCUT2D eigenvalue weighted by Crippen LogP contribution is -1.97. The van der Waals surface area contributed by atoms with E-state index in [1.165, 1.54) is 18.4 Å². The number of nitrogens with two attached hydrogens (primary N) is 1. The van der Waals surface area contributed by atoms with Crippen molar-refractivity contribution in [1.29, 1.82) is 0 Å². The smallest absolute Gasteiger partial charge is 0.151 e. The topological polar surface area (TPSA) is 56.7 Å². The molecule has 0 spiro atoms. The minimum absolute atomic E-state index is 0.660. The monoisotopic (exact) mass is 242 g/mol. The van der Waals surface area contributed by atoms with E-state index in [9.17, 15) is 0 Å². The van der Waals surface area contributed by atoms with Crippen LogP contribution in [0.15, 0.2) is 24.3 Å². The molecule has 2 N–H and O–H groups in total. The SMILES string of the molecule is Cn1nc(CCc2ccc(N)cc2)nc1C1CC1. The molecule has 0 saturated heterocycles. The van der Waals surface area contributed by atoms with E-state index in [-0.39, 0.29) is 0 Å². The predicted octanol–water partition coefficient (Wildman–Crippen LogP) is 2.06. The Hall–Kier alpha value is -1.84. The molecule has 1 heterocycles. The second-order valence-corrected chi connectivity index (χ2v) is 5.03. The predicted molar refractivity (Wildman–Crippen MR) is 71.2 cm³/mol. The molecule has 0 aliphatic heterocycles. The maximum atomic E-state index is 5.67. The van der Waals surface area contributed by atoms with Crippen LogP contribution >= 0.6 is 0 Å². The van der Waals surface area contributed by atoms with Gasteiger partial charge in [-0.15, -0.1) is 0 Å². The Morgan fingerprint density at radius 1 is 1.22 bits per heavy atom. The van der Waals surface area contributed by atoms with Crippen LogP contribution < -0.4 is 5.73 Å². The summed E-state index contributed by atoms with van der Waals surface area (Å²) in [6, 6.07) is 8.02. The second-order valence-electron chi connectivity index (χ2n) is 5.03. The zero-order valence-electron chi connectivity index (χ0n) is 10.6. The molecule has 0 amide bonds. The first-order valence-electron chi connectivity index (χ1n) is 6.46. The van der Waals surface area contributed by atoms with Gasteiger partial charge < -0.3 is 5.73 Å². The number of benzene rings is 1. The van der Waals surface area contributed by atoms with E-state index in [1.807, 2.05) is 23.9 Å². The second kappa shape index (κ2) is 4.44. The molecule has 94 valence electrons. The van der Waals surface area contributed by atoms with Gasteiger partial charge in [0.2, 0.25) is 0 Å². The summed E-state index contributed by atoms with van der Waals surface area (Å²) in [6.45, 7) is 0. The number of rotatable bonds is 4. The summed E-state index contributed by atoms with van der Waals surface area (Å²) in [5, 5.41) is 4.49. The van der Waals surface area contributed by atoms with Gasteiger partial charge in [0.15, 0.2) is 5.82 Å². The molecule has 18 heavy (non-hydrogen) atoms. The number of nitrogen functional groups attached to an aromatic ring is 1. The van der Waals surface area contributed by atoms with E-state index in [0.717, 1.165) is 30.2 Å². The first kappa shape index (κ1) is 11.3. The van der Waals surface area contributed by atoms with Crippen molar-refractivity contribution in [3.63, 3.8) is 0 Å². The quantitative estimate of drug-likeness (QED) is 0.835. The highest BCUT2D eigenvalue weighted by Crippen LogP contribution is 2.38. The van der Waals surface area contributed by atoms with Crippen LogP contribution in [0.2, 0.25) is 0 Å². The van der Waals surface area contributed by atoms with Crippen LogP contribution in [0.3, 0.4) is 0 Å². The molecule has 3 rings (SSSR count). The molecule has 2 aromatic rings. The Kier molecular flexibility index (Phi) is 2.78. The minimum atomic E-state index is 0.660. The molecule has 1 aromatic heterocycles. The Morgan fingerprint density at radius 3 is 2.61 bits per heavy atom. The lowest BCUT2D eigenvalue weighted by molar-refractivity contribution is 0.694. The maximum absolute atomic E-state index is 5.67. The number of anilines is 1. The fourth-order valence-electron chi connectivity index (χ4n) is 2.19. The van der Waals surface area contributed by atoms with Crippen molar-refractivity contribution in [3.8, 4) is 0 Å². The number of nitrogens with zero attached hydrogens (tertiary/aromatic N) is 3. The lowest BCUT2D eigenvalue weighted by Gasteiger charge is -1.99. The molecule has 0 bridgehead atoms. The number of aryl methyl sites for hydroxylation is 3. The van der Waals surface area contributed by atoms with Gasteiger partial charge in [-0.2, -0.15) is 5.10 Å². The highest BCUT2D eigenvalue weighted by molar-refractivity contribution is 5.39. The summed E-state index contributed by atoms with van der Waals surface area (Å²) in [6.07, 6.45) is 4.40. The molecular formula is C14H18N4. The molecule has 0 unspecified atom stereocenters.